The molecule has 3 rings (SSSR count). The predicted octanol–water partition coefficient (Wildman–Crippen LogP) is 4.10. The van der Waals surface area contributed by atoms with Crippen LogP contribution in [0, 0.1) is 23.7 Å². The monoisotopic (exact) mass is 768 g/mol. The molecule has 3 aliphatic rings. The molecule has 3 fully saturated rings. The molecule has 1 amide bonds. The van der Waals surface area contributed by atoms with Gasteiger partial charge >= 0.3 is 24.0 Å². The summed E-state index contributed by atoms with van der Waals surface area (Å²) in [4.78, 5) is 84.9. The van der Waals surface area contributed by atoms with Crippen LogP contribution in [0.25, 0.3) is 0 Å². The van der Waals surface area contributed by atoms with Crippen LogP contribution in [0.4, 0.5) is 4.79 Å². The van der Waals surface area contributed by atoms with Crippen LogP contribution >= 0.6 is 0 Å². The zero-order valence-electron chi connectivity index (χ0n) is 34.9. The van der Waals surface area contributed by atoms with E-state index in [1.54, 1.807) is 62.3 Å². The Balaban J connectivity index is 2.17. The lowest BCUT2D eigenvalue weighted by atomic mass is 9.73. The number of Topliss-reactive ketones (excluding diaryl/α,β-unsaturated/α-hetero) is 2. The number of rotatable bonds is 8. The van der Waals surface area contributed by atoms with Crippen molar-refractivity contribution in [3.63, 3.8) is 0 Å². The minimum absolute atomic E-state index is 0.0346. The summed E-state index contributed by atoms with van der Waals surface area (Å²) in [6, 6.07) is -1.36. The van der Waals surface area contributed by atoms with Crippen LogP contribution < -0.4 is 0 Å². The number of nitrogens with zero attached hydrogens (tertiary/aromatic N) is 2. The number of ether oxygens (including phenoxy) is 7. The van der Waals surface area contributed by atoms with E-state index in [9.17, 15) is 28.8 Å². The van der Waals surface area contributed by atoms with Crippen molar-refractivity contribution in [2.24, 2.45) is 23.7 Å². The van der Waals surface area contributed by atoms with Crippen LogP contribution in [0.15, 0.2) is 0 Å². The summed E-state index contributed by atoms with van der Waals surface area (Å²) in [5.41, 5.74) is -3.79. The minimum Gasteiger partial charge on any atom is -0.459 e. The molecule has 15 heteroatoms. The molecular weight excluding hydrogens is 704 g/mol. The molecule has 308 valence electrons. The second-order valence-corrected chi connectivity index (χ2v) is 17.0. The molecule has 3 saturated heterocycles. The van der Waals surface area contributed by atoms with E-state index in [0.717, 1.165) is 0 Å². The first-order valence-electron chi connectivity index (χ1n) is 19.0. The van der Waals surface area contributed by atoms with Crippen molar-refractivity contribution in [3.8, 4) is 0 Å². The maximum atomic E-state index is 14.6. The lowest BCUT2D eigenvalue weighted by Crippen LogP contribution is -2.61. The topological polar surface area (TPSA) is 174 Å². The van der Waals surface area contributed by atoms with Gasteiger partial charge in [0.15, 0.2) is 23.8 Å². The Morgan fingerprint density at radius 1 is 0.981 bits per heavy atom. The third-order valence-electron chi connectivity index (χ3n) is 11.2. The lowest BCUT2D eigenvalue weighted by molar-refractivity contribution is -0.298. The van der Waals surface area contributed by atoms with Crippen LogP contribution in [0.2, 0.25) is 0 Å². The second kappa shape index (κ2) is 17.3. The zero-order valence-corrected chi connectivity index (χ0v) is 34.9. The van der Waals surface area contributed by atoms with Crippen molar-refractivity contribution in [2.45, 2.75) is 162 Å². The molecule has 0 aromatic carbocycles. The SMILES string of the molecule is CCC1OC(=O)[C@H](C)C(=O)[C@H](C)[C@@H](O[C@@H]2O[C@H](C)C[C@H](N(C)C)[C@H]2OC(C)=O)[C@](C)(OC)C[C@@H](C)C(=O)[C@H](C)[C@@H]2N(CC(=O)OC(C)(C)C)C(=O)O[C@]12C. The number of hydrogen-bond acceptors (Lipinski definition) is 14. The van der Waals surface area contributed by atoms with Gasteiger partial charge in [0.05, 0.1) is 29.9 Å². The molecular formula is C39H64N2O13. The van der Waals surface area contributed by atoms with E-state index in [1.165, 1.54) is 25.9 Å². The Morgan fingerprint density at radius 3 is 2.11 bits per heavy atom. The highest BCUT2D eigenvalue weighted by Gasteiger charge is 2.61. The van der Waals surface area contributed by atoms with Crippen LogP contribution in [0.1, 0.15) is 102 Å². The third-order valence-corrected chi connectivity index (χ3v) is 11.2. The highest BCUT2D eigenvalue weighted by Crippen LogP contribution is 2.43. The summed E-state index contributed by atoms with van der Waals surface area (Å²) in [7, 11) is 5.16. The van der Waals surface area contributed by atoms with Gasteiger partial charge in [-0.25, -0.2) is 4.79 Å². The fourth-order valence-corrected chi connectivity index (χ4v) is 8.46. The first-order valence-corrected chi connectivity index (χ1v) is 19.0. The highest BCUT2D eigenvalue weighted by atomic mass is 16.7. The molecule has 0 bridgehead atoms. The summed E-state index contributed by atoms with van der Waals surface area (Å²) in [5.74, 6) is -6.95. The smallest absolute Gasteiger partial charge is 0.411 e. The number of fused-ring (bicyclic) bond motifs is 1. The van der Waals surface area contributed by atoms with Crippen molar-refractivity contribution in [2.75, 3.05) is 27.7 Å². The van der Waals surface area contributed by atoms with E-state index in [2.05, 4.69) is 0 Å². The van der Waals surface area contributed by atoms with Gasteiger partial charge in [-0.05, 0) is 81.8 Å². The predicted molar refractivity (Wildman–Crippen MR) is 195 cm³/mol. The zero-order chi connectivity index (χ0) is 41.2. The summed E-state index contributed by atoms with van der Waals surface area (Å²) in [6.07, 6.45) is -4.69. The first kappa shape index (κ1) is 45.3. The number of esters is 3. The molecule has 0 aliphatic carbocycles. The van der Waals surface area contributed by atoms with E-state index in [1.807, 2.05) is 25.9 Å². The van der Waals surface area contributed by atoms with Crippen LogP contribution in [0.5, 0.6) is 0 Å². The van der Waals surface area contributed by atoms with E-state index in [4.69, 9.17) is 33.2 Å². The van der Waals surface area contributed by atoms with Gasteiger partial charge in [-0.3, -0.25) is 28.9 Å². The van der Waals surface area contributed by atoms with Crippen molar-refractivity contribution >= 4 is 35.6 Å². The number of amides is 1. The molecule has 1 unspecified atom stereocenters. The molecule has 0 radical (unpaired) electrons. The number of hydrogen-bond donors (Lipinski definition) is 0. The van der Waals surface area contributed by atoms with E-state index < -0.39 is 107 Å². The molecule has 0 aromatic heterocycles. The lowest BCUT2D eigenvalue weighted by Gasteiger charge is -2.47. The fraction of sp³-hybridized carbons (Fsp3) is 0.846. The summed E-state index contributed by atoms with van der Waals surface area (Å²) >= 11 is 0. The number of carbonyl (C=O) groups excluding carboxylic acids is 6. The van der Waals surface area contributed by atoms with Gasteiger partial charge in [-0.2, -0.15) is 0 Å². The van der Waals surface area contributed by atoms with Gasteiger partial charge in [0.1, 0.15) is 30.0 Å². The Labute approximate surface area is 320 Å². The standard InChI is InChI=1S/C39H64N2O13/c1-16-27-39(12)32(41(36(47)54-39)19-28(43)53-37(8,9)10)22(4)29(44)20(2)18-38(11,48-15)33(23(5)30(45)24(6)34(46)51-27)52-35-31(50-25(7)42)26(40(13)14)17-21(3)49-35/h20-24,26-27,31-33,35H,16-19H2,1-15H3/t20-,21-,22+,23+,24-,26+,27?,31-,32+,33-,35+,38-,39-/m1/s1. The number of carbonyl (C=O) groups is 6. The summed E-state index contributed by atoms with van der Waals surface area (Å²) in [5, 5.41) is 0. The third kappa shape index (κ3) is 9.80. The maximum Gasteiger partial charge on any atom is 0.411 e. The maximum absolute atomic E-state index is 14.6. The van der Waals surface area contributed by atoms with Gasteiger partial charge < -0.3 is 38.1 Å². The molecule has 0 saturated carbocycles. The van der Waals surface area contributed by atoms with Crippen molar-refractivity contribution in [1.29, 1.82) is 0 Å². The molecule has 0 N–H and O–H groups in total. The van der Waals surface area contributed by atoms with Crippen molar-refractivity contribution < 1.29 is 61.9 Å². The number of methoxy groups -OCH3 is 1. The van der Waals surface area contributed by atoms with Crippen molar-refractivity contribution in [1.82, 2.24) is 9.80 Å². The first-order chi connectivity index (χ1) is 24.8. The Morgan fingerprint density at radius 2 is 1.59 bits per heavy atom. The Kier molecular flexibility index (Phi) is 14.5. The number of cyclic esters (lactones) is 1. The quantitative estimate of drug-likeness (QED) is 0.196. The Bertz CT molecular complexity index is 1410. The van der Waals surface area contributed by atoms with Gasteiger partial charge in [0, 0.05) is 31.8 Å². The second-order valence-electron chi connectivity index (χ2n) is 17.0. The molecule has 15 nitrogen and oxygen atoms in total. The van der Waals surface area contributed by atoms with Gasteiger partial charge in [0.25, 0.3) is 0 Å². The van der Waals surface area contributed by atoms with E-state index in [-0.39, 0.29) is 30.8 Å². The van der Waals surface area contributed by atoms with Gasteiger partial charge in [-0.1, -0.05) is 27.7 Å². The minimum atomic E-state index is -1.59. The highest BCUT2D eigenvalue weighted by molar-refractivity contribution is 6.00. The van der Waals surface area contributed by atoms with E-state index >= 15 is 0 Å². The van der Waals surface area contributed by atoms with Crippen LogP contribution in [-0.4, -0.2) is 133 Å². The number of ketones is 2. The molecule has 13 atom stereocenters. The largest absolute Gasteiger partial charge is 0.459 e. The molecule has 0 spiro atoms. The Hall–Kier alpha value is -3.14. The van der Waals surface area contributed by atoms with Crippen molar-refractivity contribution in [3.05, 3.63) is 0 Å². The molecule has 3 heterocycles. The normalized spacial score (nSPS) is 38.7. The molecule has 3 aliphatic heterocycles. The fourth-order valence-electron chi connectivity index (χ4n) is 8.46. The van der Waals surface area contributed by atoms with Gasteiger partial charge in [-0.15, -0.1) is 0 Å². The summed E-state index contributed by atoms with van der Waals surface area (Å²) in [6.45, 7) is 19.2. The van der Waals surface area contributed by atoms with Crippen LogP contribution in [-0.2, 0) is 57.1 Å². The van der Waals surface area contributed by atoms with E-state index in [0.29, 0.717) is 6.42 Å². The molecule has 54 heavy (non-hydrogen) atoms. The molecule has 0 aromatic rings. The number of likely N-dealkylation sites (N-methyl/N-ethyl adjacent to an activating group) is 1. The average Bonchev–Trinajstić information content (AvgIpc) is 3.31. The van der Waals surface area contributed by atoms with Gasteiger partial charge in [0.2, 0.25) is 0 Å². The average molecular weight is 769 g/mol. The summed E-state index contributed by atoms with van der Waals surface area (Å²) < 4.78 is 42.4. The van der Waals surface area contributed by atoms with Crippen LogP contribution in [0.3, 0.4) is 0 Å².